The van der Waals surface area contributed by atoms with Crippen molar-refractivity contribution < 1.29 is 4.74 Å². The summed E-state index contributed by atoms with van der Waals surface area (Å²) >= 11 is 11.6. The first-order valence-corrected chi connectivity index (χ1v) is 4.31. The Hall–Kier alpha value is -0.440. The molecule has 4 heteroatoms. The van der Waals surface area contributed by atoms with Gasteiger partial charge in [-0.05, 0) is 6.07 Å². The fraction of sp³-hybridized carbons (Fsp3) is 0.250. The summed E-state index contributed by atoms with van der Waals surface area (Å²) in [5.41, 5.74) is 6.67. The van der Waals surface area contributed by atoms with Crippen LogP contribution in [0, 0.1) is 0 Å². The SMILES string of the molecule is NC1COc2cc(Cl)c(Cl)cc21. The standard InChI is InChI=1S/C8H7Cl2NO/c9-5-1-4-7(11)3-12-8(4)2-6(5)10/h1-2,7H,3,11H2. The van der Waals surface area contributed by atoms with Gasteiger partial charge in [-0.1, -0.05) is 23.2 Å². The third-order valence-electron chi connectivity index (χ3n) is 1.87. The molecule has 0 spiro atoms. The Kier molecular flexibility index (Phi) is 1.91. The highest BCUT2D eigenvalue weighted by Crippen LogP contribution is 2.37. The molecule has 1 aliphatic rings. The smallest absolute Gasteiger partial charge is 0.125 e. The van der Waals surface area contributed by atoms with Crippen molar-refractivity contribution in [1.29, 1.82) is 0 Å². The molecule has 0 aliphatic carbocycles. The van der Waals surface area contributed by atoms with E-state index in [0.717, 1.165) is 11.3 Å². The fourth-order valence-corrected chi connectivity index (χ4v) is 1.55. The van der Waals surface area contributed by atoms with Crippen molar-refractivity contribution in [2.75, 3.05) is 6.61 Å². The summed E-state index contributed by atoms with van der Waals surface area (Å²) in [6, 6.07) is 3.39. The van der Waals surface area contributed by atoms with E-state index in [9.17, 15) is 0 Å². The summed E-state index contributed by atoms with van der Waals surface area (Å²) in [5.74, 6) is 0.747. The van der Waals surface area contributed by atoms with Gasteiger partial charge in [-0.15, -0.1) is 0 Å². The zero-order valence-corrected chi connectivity index (χ0v) is 7.69. The molecule has 1 aromatic rings. The Labute approximate surface area is 80.2 Å². The molecular formula is C8H7Cl2NO. The second kappa shape index (κ2) is 2.80. The number of hydrogen-bond donors (Lipinski definition) is 1. The summed E-state index contributed by atoms with van der Waals surface area (Å²) in [5, 5.41) is 1.03. The van der Waals surface area contributed by atoms with Crippen LogP contribution in [0.15, 0.2) is 12.1 Å². The number of ether oxygens (including phenoxy) is 1. The second-order valence-electron chi connectivity index (χ2n) is 2.72. The lowest BCUT2D eigenvalue weighted by Crippen LogP contribution is -2.10. The van der Waals surface area contributed by atoms with Crippen LogP contribution in [0.5, 0.6) is 5.75 Å². The van der Waals surface area contributed by atoms with Gasteiger partial charge in [-0.3, -0.25) is 0 Å². The van der Waals surface area contributed by atoms with Gasteiger partial charge in [0.15, 0.2) is 0 Å². The van der Waals surface area contributed by atoms with Crippen LogP contribution in [-0.4, -0.2) is 6.61 Å². The molecule has 0 saturated carbocycles. The van der Waals surface area contributed by atoms with Crippen LogP contribution < -0.4 is 10.5 Å². The van der Waals surface area contributed by atoms with Crippen molar-refractivity contribution in [3.05, 3.63) is 27.7 Å². The minimum atomic E-state index is -0.0743. The Morgan fingerprint density at radius 3 is 2.75 bits per heavy atom. The molecule has 0 amide bonds. The largest absolute Gasteiger partial charge is 0.491 e. The highest BCUT2D eigenvalue weighted by Gasteiger charge is 2.21. The van der Waals surface area contributed by atoms with Crippen LogP contribution in [-0.2, 0) is 0 Å². The molecule has 1 heterocycles. The normalized spacial score (nSPS) is 20.4. The van der Waals surface area contributed by atoms with E-state index in [4.69, 9.17) is 33.7 Å². The number of rotatable bonds is 0. The molecule has 64 valence electrons. The van der Waals surface area contributed by atoms with Gasteiger partial charge in [-0.2, -0.15) is 0 Å². The van der Waals surface area contributed by atoms with Gasteiger partial charge in [0, 0.05) is 11.6 Å². The van der Waals surface area contributed by atoms with Crippen molar-refractivity contribution in [3.8, 4) is 5.75 Å². The number of hydrogen-bond acceptors (Lipinski definition) is 2. The van der Waals surface area contributed by atoms with Crippen molar-refractivity contribution in [3.63, 3.8) is 0 Å². The summed E-state index contributed by atoms with van der Waals surface area (Å²) in [7, 11) is 0. The van der Waals surface area contributed by atoms with Crippen molar-refractivity contribution in [2.45, 2.75) is 6.04 Å². The lowest BCUT2D eigenvalue weighted by molar-refractivity contribution is 0.333. The summed E-state index contributed by atoms with van der Waals surface area (Å²) in [6.45, 7) is 0.506. The number of halogens is 2. The molecule has 1 aromatic carbocycles. The maximum atomic E-state index is 5.81. The molecule has 1 aliphatic heterocycles. The van der Waals surface area contributed by atoms with Crippen LogP contribution in [0.1, 0.15) is 11.6 Å². The summed E-state index contributed by atoms with van der Waals surface area (Å²) in [4.78, 5) is 0. The van der Waals surface area contributed by atoms with E-state index in [1.54, 1.807) is 12.1 Å². The van der Waals surface area contributed by atoms with E-state index in [0.29, 0.717) is 16.7 Å². The molecule has 12 heavy (non-hydrogen) atoms. The highest BCUT2D eigenvalue weighted by molar-refractivity contribution is 6.42. The molecule has 0 saturated heterocycles. The van der Waals surface area contributed by atoms with Gasteiger partial charge in [0.2, 0.25) is 0 Å². The van der Waals surface area contributed by atoms with E-state index >= 15 is 0 Å². The third kappa shape index (κ3) is 1.16. The third-order valence-corrected chi connectivity index (χ3v) is 2.59. The zero-order chi connectivity index (χ0) is 8.72. The van der Waals surface area contributed by atoms with Crippen molar-refractivity contribution in [2.24, 2.45) is 5.73 Å². The van der Waals surface area contributed by atoms with Crippen LogP contribution in [0.4, 0.5) is 0 Å². The number of nitrogens with two attached hydrogens (primary N) is 1. The average molecular weight is 204 g/mol. The molecular weight excluding hydrogens is 197 g/mol. The quantitative estimate of drug-likeness (QED) is 0.704. The van der Waals surface area contributed by atoms with Crippen molar-refractivity contribution in [1.82, 2.24) is 0 Å². The first kappa shape index (κ1) is 8.17. The Morgan fingerprint density at radius 2 is 2.00 bits per heavy atom. The minimum absolute atomic E-state index is 0.0743. The lowest BCUT2D eigenvalue weighted by Gasteiger charge is -2.02. The fourth-order valence-electron chi connectivity index (χ4n) is 1.23. The van der Waals surface area contributed by atoms with Crippen LogP contribution in [0.25, 0.3) is 0 Å². The van der Waals surface area contributed by atoms with Gasteiger partial charge in [-0.25, -0.2) is 0 Å². The first-order valence-electron chi connectivity index (χ1n) is 3.56. The minimum Gasteiger partial charge on any atom is -0.491 e. The van der Waals surface area contributed by atoms with E-state index < -0.39 is 0 Å². The molecule has 0 aromatic heterocycles. The average Bonchev–Trinajstić information content (AvgIpc) is 2.35. The Morgan fingerprint density at radius 1 is 1.33 bits per heavy atom. The molecule has 2 N–H and O–H groups in total. The van der Waals surface area contributed by atoms with E-state index in [2.05, 4.69) is 0 Å². The van der Waals surface area contributed by atoms with E-state index in [1.807, 2.05) is 0 Å². The van der Waals surface area contributed by atoms with Gasteiger partial charge >= 0.3 is 0 Å². The van der Waals surface area contributed by atoms with Gasteiger partial charge in [0.25, 0.3) is 0 Å². The summed E-state index contributed by atoms with van der Waals surface area (Å²) < 4.78 is 5.28. The second-order valence-corrected chi connectivity index (χ2v) is 3.54. The number of fused-ring (bicyclic) bond motifs is 1. The molecule has 2 nitrogen and oxygen atoms in total. The first-order chi connectivity index (χ1) is 5.68. The molecule has 0 fully saturated rings. The van der Waals surface area contributed by atoms with Gasteiger partial charge in [0.1, 0.15) is 12.4 Å². The predicted molar refractivity (Wildman–Crippen MR) is 48.9 cm³/mol. The predicted octanol–water partition coefficient (Wildman–Crippen LogP) is 2.39. The maximum Gasteiger partial charge on any atom is 0.125 e. The van der Waals surface area contributed by atoms with Crippen molar-refractivity contribution >= 4 is 23.2 Å². The molecule has 0 bridgehead atoms. The number of benzene rings is 1. The molecule has 2 rings (SSSR count). The van der Waals surface area contributed by atoms with Gasteiger partial charge in [0.05, 0.1) is 16.1 Å². The Balaban J connectivity index is 2.56. The Bertz CT molecular complexity index is 327. The zero-order valence-electron chi connectivity index (χ0n) is 6.18. The van der Waals surface area contributed by atoms with E-state index in [-0.39, 0.29) is 6.04 Å². The molecule has 1 unspecified atom stereocenters. The lowest BCUT2D eigenvalue weighted by atomic mass is 10.1. The highest BCUT2D eigenvalue weighted by atomic mass is 35.5. The monoisotopic (exact) mass is 203 g/mol. The van der Waals surface area contributed by atoms with Crippen LogP contribution in [0.2, 0.25) is 10.0 Å². The van der Waals surface area contributed by atoms with Crippen LogP contribution >= 0.6 is 23.2 Å². The topological polar surface area (TPSA) is 35.2 Å². The molecule has 0 radical (unpaired) electrons. The summed E-state index contributed by atoms with van der Waals surface area (Å²) in [6.07, 6.45) is 0. The molecule has 1 atom stereocenters. The maximum absolute atomic E-state index is 5.81. The van der Waals surface area contributed by atoms with Crippen LogP contribution in [0.3, 0.4) is 0 Å². The van der Waals surface area contributed by atoms with Gasteiger partial charge < -0.3 is 10.5 Å². The van der Waals surface area contributed by atoms with E-state index in [1.165, 1.54) is 0 Å².